The number of nitrogens with zero attached hydrogens (tertiary/aromatic N) is 4. The van der Waals surface area contributed by atoms with Crippen LogP contribution >= 0.6 is 23.1 Å². The van der Waals surface area contributed by atoms with Crippen LogP contribution in [0.4, 0.5) is 10.8 Å². The Labute approximate surface area is 163 Å². The zero-order valence-corrected chi connectivity index (χ0v) is 16.9. The first-order chi connectivity index (χ1) is 12.6. The number of hydrogen-bond acceptors (Lipinski definition) is 7. The summed E-state index contributed by atoms with van der Waals surface area (Å²) in [6.45, 7) is 8.48. The van der Waals surface area contributed by atoms with Crippen LogP contribution in [-0.4, -0.2) is 59.5 Å². The second kappa shape index (κ2) is 9.23. The van der Waals surface area contributed by atoms with Crippen molar-refractivity contribution >= 4 is 39.8 Å². The summed E-state index contributed by atoms with van der Waals surface area (Å²) in [5.41, 5.74) is 1.23. The van der Waals surface area contributed by atoms with Crippen LogP contribution in [0.25, 0.3) is 0 Å². The minimum Gasteiger partial charge on any atom is -0.368 e. The molecule has 8 heteroatoms. The summed E-state index contributed by atoms with van der Waals surface area (Å²) >= 11 is 2.99. The molecule has 1 aromatic carbocycles. The molecule has 1 N–H and O–H groups in total. The normalized spacial score (nSPS) is 14.7. The molecule has 0 saturated carbocycles. The van der Waals surface area contributed by atoms with Crippen LogP contribution in [0.15, 0.2) is 34.7 Å². The highest BCUT2D eigenvalue weighted by molar-refractivity contribution is 8.01. The summed E-state index contributed by atoms with van der Waals surface area (Å²) in [7, 11) is 0. The molecule has 1 aliphatic rings. The quantitative estimate of drug-likeness (QED) is 0.732. The fraction of sp³-hybridized carbons (Fsp3) is 0.500. The molecular formula is C18H25N5OS2. The molecule has 0 radical (unpaired) electrons. The first-order valence-electron chi connectivity index (χ1n) is 8.90. The zero-order valence-electron chi connectivity index (χ0n) is 15.2. The Morgan fingerprint density at radius 3 is 2.62 bits per heavy atom. The third-order valence-electron chi connectivity index (χ3n) is 4.14. The van der Waals surface area contributed by atoms with Gasteiger partial charge in [0.15, 0.2) is 4.34 Å². The molecule has 2 heterocycles. The van der Waals surface area contributed by atoms with Crippen molar-refractivity contribution in [3.8, 4) is 0 Å². The predicted molar refractivity (Wildman–Crippen MR) is 109 cm³/mol. The molecule has 3 rings (SSSR count). The number of thioether (sulfide) groups is 1. The summed E-state index contributed by atoms with van der Waals surface area (Å²) in [5.74, 6) is 1.16. The van der Waals surface area contributed by atoms with Gasteiger partial charge in [-0.05, 0) is 18.1 Å². The van der Waals surface area contributed by atoms with Crippen LogP contribution in [0.3, 0.4) is 0 Å². The van der Waals surface area contributed by atoms with Gasteiger partial charge >= 0.3 is 0 Å². The molecule has 1 aliphatic heterocycles. The largest absolute Gasteiger partial charge is 0.368 e. The summed E-state index contributed by atoms with van der Waals surface area (Å²) in [6.07, 6.45) is 0. The SMILES string of the molecule is CC(C)CNc1nnc(SCC(=O)N2CCN(c3ccccc3)CC2)s1. The molecule has 0 unspecified atom stereocenters. The molecule has 1 saturated heterocycles. The number of para-hydroxylation sites is 1. The Hall–Kier alpha value is -1.80. The highest BCUT2D eigenvalue weighted by atomic mass is 32.2. The number of nitrogens with one attached hydrogen (secondary N) is 1. The Morgan fingerprint density at radius 1 is 1.19 bits per heavy atom. The minimum atomic E-state index is 0.176. The number of benzene rings is 1. The maximum Gasteiger partial charge on any atom is 0.233 e. The average molecular weight is 392 g/mol. The number of carbonyl (C=O) groups excluding carboxylic acids is 1. The van der Waals surface area contributed by atoms with E-state index >= 15 is 0 Å². The van der Waals surface area contributed by atoms with Crippen molar-refractivity contribution in [3.05, 3.63) is 30.3 Å². The second-order valence-electron chi connectivity index (χ2n) is 6.64. The van der Waals surface area contributed by atoms with E-state index in [0.717, 1.165) is 42.2 Å². The number of aromatic nitrogens is 2. The van der Waals surface area contributed by atoms with Crippen molar-refractivity contribution < 1.29 is 4.79 Å². The average Bonchev–Trinajstić information content (AvgIpc) is 3.13. The first-order valence-corrected chi connectivity index (χ1v) is 10.7. The smallest absolute Gasteiger partial charge is 0.233 e. The van der Waals surface area contributed by atoms with E-state index in [4.69, 9.17) is 0 Å². The number of rotatable bonds is 7. The van der Waals surface area contributed by atoms with Crippen LogP contribution in [0.2, 0.25) is 0 Å². The third kappa shape index (κ3) is 5.35. The Kier molecular flexibility index (Phi) is 6.73. The highest BCUT2D eigenvalue weighted by Crippen LogP contribution is 2.26. The van der Waals surface area contributed by atoms with Gasteiger partial charge in [0, 0.05) is 38.4 Å². The zero-order chi connectivity index (χ0) is 18.4. The second-order valence-corrected chi connectivity index (χ2v) is 8.84. The van der Waals surface area contributed by atoms with Crippen LogP contribution in [-0.2, 0) is 4.79 Å². The van der Waals surface area contributed by atoms with Gasteiger partial charge in [0.05, 0.1) is 5.75 Å². The van der Waals surface area contributed by atoms with Crippen molar-refractivity contribution in [2.75, 3.05) is 48.7 Å². The van der Waals surface area contributed by atoms with Gasteiger partial charge in [-0.3, -0.25) is 4.79 Å². The van der Waals surface area contributed by atoms with E-state index in [-0.39, 0.29) is 5.91 Å². The molecular weight excluding hydrogens is 366 g/mol. The van der Waals surface area contributed by atoms with Gasteiger partial charge in [-0.1, -0.05) is 55.1 Å². The standard InChI is InChI=1S/C18H25N5OS2/c1-14(2)12-19-17-20-21-18(26-17)25-13-16(24)23-10-8-22(9-11-23)15-6-4-3-5-7-15/h3-7,14H,8-13H2,1-2H3,(H,19,20). The molecule has 1 aromatic heterocycles. The lowest BCUT2D eigenvalue weighted by molar-refractivity contribution is -0.128. The number of carbonyl (C=O) groups is 1. The van der Waals surface area contributed by atoms with E-state index in [1.54, 1.807) is 0 Å². The number of piperazine rings is 1. The Balaban J connectivity index is 1.42. The van der Waals surface area contributed by atoms with E-state index in [0.29, 0.717) is 11.7 Å². The molecule has 6 nitrogen and oxygen atoms in total. The lowest BCUT2D eigenvalue weighted by Crippen LogP contribution is -2.49. The van der Waals surface area contributed by atoms with Gasteiger partial charge in [0.25, 0.3) is 0 Å². The number of hydrogen-bond donors (Lipinski definition) is 1. The summed E-state index contributed by atoms with van der Waals surface area (Å²) in [5, 5.41) is 12.4. The fourth-order valence-electron chi connectivity index (χ4n) is 2.70. The lowest BCUT2D eigenvalue weighted by atomic mass is 10.2. The van der Waals surface area contributed by atoms with Crippen LogP contribution < -0.4 is 10.2 Å². The van der Waals surface area contributed by atoms with E-state index in [1.165, 1.54) is 28.8 Å². The third-order valence-corrected chi connectivity index (χ3v) is 6.14. The van der Waals surface area contributed by atoms with Crippen molar-refractivity contribution in [2.45, 2.75) is 18.2 Å². The fourth-order valence-corrected chi connectivity index (χ4v) is 4.36. The number of anilines is 2. The molecule has 0 bridgehead atoms. The molecule has 140 valence electrons. The summed E-state index contributed by atoms with van der Waals surface area (Å²) < 4.78 is 0.840. The van der Waals surface area contributed by atoms with Gasteiger partial charge in [-0.15, -0.1) is 10.2 Å². The van der Waals surface area contributed by atoms with Gasteiger partial charge < -0.3 is 15.1 Å². The lowest BCUT2D eigenvalue weighted by Gasteiger charge is -2.36. The first kappa shape index (κ1) is 19.0. The maximum atomic E-state index is 12.5. The molecule has 2 aromatic rings. The molecule has 1 fully saturated rings. The van der Waals surface area contributed by atoms with Crippen molar-refractivity contribution in [1.29, 1.82) is 0 Å². The van der Waals surface area contributed by atoms with E-state index in [2.05, 4.69) is 58.5 Å². The van der Waals surface area contributed by atoms with Crippen LogP contribution in [0.1, 0.15) is 13.8 Å². The van der Waals surface area contributed by atoms with Gasteiger partial charge in [-0.25, -0.2) is 0 Å². The summed E-state index contributed by atoms with van der Waals surface area (Å²) in [4.78, 5) is 16.7. The Bertz CT molecular complexity index is 699. The predicted octanol–water partition coefficient (Wildman–Crippen LogP) is 3.05. The summed E-state index contributed by atoms with van der Waals surface area (Å²) in [6, 6.07) is 10.4. The van der Waals surface area contributed by atoms with Gasteiger partial charge in [-0.2, -0.15) is 0 Å². The van der Waals surface area contributed by atoms with Crippen molar-refractivity contribution in [2.24, 2.45) is 5.92 Å². The topological polar surface area (TPSA) is 61.4 Å². The van der Waals surface area contributed by atoms with Gasteiger partial charge in [0.1, 0.15) is 0 Å². The van der Waals surface area contributed by atoms with E-state index in [9.17, 15) is 4.79 Å². The number of amides is 1. The highest BCUT2D eigenvalue weighted by Gasteiger charge is 2.21. The maximum absolute atomic E-state index is 12.5. The Morgan fingerprint density at radius 2 is 1.92 bits per heavy atom. The molecule has 0 atom stereocenters. The van der Waals surface area contributed by atoms with E-state index < -0.39 is 0 Å². The molecule has 1 amide bonds. The van der Waals surface area contributed by atoms with E-state index in [1.807, 2.05) is 11.0 Å². The molecule has 0 aliphatic carbocycles. The molecule has 26 heavy (non-hydrogen) atoms. The van der Waals surface area contributed by atoms with Crippen LogP contribution in [0.5, 0.6) is 0 Å². The van der Waals surface area contributed by atoms with Crippen LogP contribution in [0, 0.1) is 5.92 Å². The minimum absolute atomic E-state index is 0.176. The van der Waals surface area contributed by atoms with Crippen molar-refractivity contribution in [1.82, 2.24) is 15.1 Å². The molecule has 0 spiro atoms. The monoisotopic (exact) mass is 391 g/mol. The van der Waals surface area contributed by atoms with Crippen molar-refractivity contribution in [3.63, 3.8) is 0 Å². The van der Waals surface area contributed by atoms with Gasteiger partial charge in [0.2, 0.25) is 11.0 Å².